The topological polar surface area (TPSA) is 45.7 Å². The predicted octanol–water partition coefficient (Wildman–Crippen LogP) is 3.45. The van der Waals surface area contributed by atoms with Crippen LogP contribution in [0, 0.1) is 6.92 Å². The van der Waals surface area contributed by atoms with Gasteiger partial charge < -0.3 is 14.5 Å². The number of nitrogens with zero attached hydrogens (tertiary/aromatic N) is 3. The molecule has 1 amide bonds. The number of piperidine rings is 1. The van der Waals surface area contributed by atoms with E-state index >= 15 is 0 Å². The molecule has 5 heteroatoms. The van der Waals surface area contributed by atoms with Crippen LogP contribution in [-0.2, 0) is 9.53 Å². The van der Waals surface area contributed by atoms with Crippen molar-refractivity contribution in [2.45, 2.75) is 50.5 Å². The first-order chi connectivity index (χ1) is 13.2. The molecule has 140 valence electrons. The Hall–Kier alpha value is -2.40. The highest BCUT2D eigenvalue weighted by Crippen LogP contribution is 2.47. The van der Waals surface area contributed by atoms with Crippen LogP contribution >= 0.6 is 0 Å². The Labute approximate surface area is 159 Å². The van der Waals surface area contributed by atoms with Gasteiger partial charge in [0.15, 0.2) is 5.60 Å². The molecule has 3 aliphatic heterocycles. The van der Waals surface area contributed by atoms with Crippen molar-refractivity contribution in [3.05, 3.63) is 59.8 Å². The smallest absolute Gasteiger partial charge is 0.257 e. The Bertz CT molecular complexity index is 846. The zero-order chi connectivity index (χ0) is 18.4. The second kappa shape index (κ2) is 6.34. The van der Waals surface area contributed by atoms with Gasteiger partial charge in [-0.1, -0.05) is 30.3 Å². The van der Waals surface area contributed by atoms with Crippen LogP contribution in [0.15, 0.2) is 48.7 Å². The van der Waals surface area contributed by atoms with E-state index < -0.39 is 5.60 Å². The minimum Gasteiger partial charge on any atom is -0.356 e. The van der Waals surface area contributed by atoms with Gasteiger partial charge >= 0.3 is 0 Å². The van der Waals surface area contributed by atoms with E-state index in [0.29, 0.717) is 0 Å². The number of carbonyl (C=O) groups excluding carboxylic acids is 1. The van der Waals surface area contributed by atoms with Gasteiger partial charge in [-0.25, -0.2) is 4.98 Å². The quantitative estimate of drug-likeness (QED) is 0.820. The summed E-state index contributed by atoms with van der Waals surface area (Å²) in [6.45, 7) is 3.69. The number of aryl methyl sites for hydroxylation is 1. The molecule has 1 aromatic heterocycles. The molecule has 1 aromatic carbocycles. The molecule has 3 fully saturated rings. The van der Waals surface area contributed by atoms with Gasteiger partial charge in [0.1, 0.15) is 12.0 Å². The van der Waals surface area contributed by atoms with Crippen molar-refractivity contribution in [2.75, 3.05) is 18.0 Å². The summed E-state index contributed by atoms with van der Waals surface area (Å²) in [5.74, 6) is 1.19. The maximum absolute atomic E-state index is 13.4. The van der Waals surface area contributed by atoms with Crippen molar-refractivity contribution in [3.8, 4) is 0 Å². The number of rotatable bonds is 2. The Kier molecular flexibility index (Phi) is 3.93. The van der Waals surface area contributed by atoms with Crippen LogP contribution in [-0.4, -0.2) is 40.7 Å². The standard InChI is InChI=1S/C22H25N3O2/c1-16-9-12-23-19(15-16)24-13-10-22(11-14-24)21(26)25-18(7-8-20(25)27-22)17-5-3-2-4-6-17/h2-6,9,12,15,18,20H,7-8,10-11,13-14H2,1H3/t18-,20+/m0/s1. The maximum Gasteiger partial charge on any atom is 0.257 e. The second-order valence-corrected chi connectivity index (χ2v) is 7.96. The van der Waals surface area contributed by atoms with Gasteiger partial charge in [-0.2, -0.15) is 0 Å². The van der Waals surface area contributed by atoms with E-state index in [-0.39, 0.29) is 18.2 Å². The molecule has 0 radical (unpaired) electrons. The molecule has 4 heterocycles. The number of amides is 1. The second-order valence-electron chi connectivity index (χ2n) is 7.96. The molecule has 3 aliphatic rings. The SMILES string of the molecule is Cc1ccnc(N2CCC3(CC2)O[C@@H]2CC[C@@H](c4ccccc4)N2C3=O)c1. The van der Waals surface area contributed by atoms with Crippen LogP contribution in [0.1, 0.15) is 42.9 Å². The van der Waals surface area contributed by atoms with Gasteiger partial charge in [0.05, 0.1) is 6.04 Å². The summed E-state index contributed by atoms with van der Waals surface area (Å²) >= 11 is 0. The zero-order valence-corrected chi connectivity index (χ0v) is 15.7. The van der Waals surface area contributed by atoms with Crippen LogP contribution in [0.25, 0.3) is 0 Å². The molecule has 0 saturated carbocycles. The van der Waals surface area contributed by atoms with Gasteiger partial charge in [-0.05, 0) is 43.0 Å². The third-order valence-corrected chi connectivity index (χ3v) is 6.30. The number of hydrogen-bond donors (Lipinski definition) is 0. The average Bonchev–Trinajstić information content (AvgIpc) is 3.22. The summed E-state index contributed by atoms with van der Waals surface area (Å²) in [5, 5.41) is 0. The lowest BCUT2D eigenvalue weighted by molar-refractivity contribution is -0.140. The molecule has 0 N–H and O–H groups in total. The summed E-state index contributed by atoms with van der Waals surface area (Å²) < 4.78 is 6.42. The summed E-state index contributed by atoms with van der Waals surface area (Å²) in [7, 11) is 0. The number of fused-ring (bicyclic) bond motifs is 1. The van der Waals surface area contributed by atoms with E-state index in [4.69, 9.17) is 4.74 Å². The zero-order valence-electron chi connectivity index (χ0n) is 15.7. The number of carbonyl (C=O) groups is 1. The van der Waals surface area contributed by atoms with Crippen molar-refractivity contribution in [1.82, 2.24) is 9.88 Å². The van der Waals surface area contributed by atoms with Crippen LogP contribution in [0.5, 0.6) is 0 Å². The molecule has 3 saturated heterocycles. The Morgan fingerprint density at radius 3 is 2.63 bits per heavy atom. The van der Waals surface area contributed by atoms with E-state index in [2.05, 4.69) is 35.0 Å². The molecule has 1 spiro atoms. The van der Waals surface area contributed by atoms with Gasteiger partial charge in [0, 0.05) is 32.1 Å². The average molecular weight is 363 g/mol. The van der Waals surface area contributed by atoms with Crippen LogP contribution in [0.4, 0.5) is 5.82 Å². The van der Waals surface area contributed by atoms with E-state index in [1.54, 1.807) is 0 Å². The molecule has 5 rings (SSSR count). The van der Waals surface area contributed by atoms with Crippen molar-refractivity contribution in [2.24, 2.45) is 0 Å². The lowest BCUT2D eigenvalue weighted by atomic mass is 9.89. The van der Waals surface area contributed by atoms with Crippen molar-refractivity contribution < 1.29 is 9.53 Å². The Morgan fingerprint density at radius 1 is 1.11 bits per heavy atom. The highest BCUT2D eigenvalue weighted by atomic mass is 16.6. The molecule has 27 heavy (non-hydrogen) atoms. The third kappa shape index (κ3) is 2.72. The summed E-state index contributed by atoms with van der Waals surface area (Å²) in [5.41, 5.74) is 1.79. The molecule has 2 aromatic rings. The molecular formula is C22H25N3O2. The fraction of sp³-hybridized carbons (Fsp3) is 0.455. The predicted molar refractivity (Wildman–Crippen MR) is 103 cm³/mol. The largest absolute Gasteiger partial charge is 0.356 e. The fourth-order valence-electron chi connectivity index (χ4n) is 4.84. The van der Waals surface area contributed by atoms with Crippen LogP contribution in [0.3, 0.4) is 0 Å². The van der Waals surface area contributed by atoms with E-state index in [9.17, 15) is 4.79 Å². The third-order valence-electron chi connectivity index (χ3n) is 6.30. The normalized spacial score (nSPS) is 26.6. The van der Waals surface area contributed by atoms with Crippen molar-refractivity contribution >= 4 is 11.7 Å². The van der Waals surface area contributed by atoms with Crippen molar-refractivity contribution in [1.29, 1.82) is 0 Å². The maximum atomic E-state index is 13.4. The number of ether oxygens (including phenoxy) is 1. The monoisotopic (exact) mass is 363 g/mol. The highest BCUT2D eigenvalue weighted by molar-refractivity contribution is 5.88. The molecule has 5 nitrogen and oxygen atoms in total. The lowest BCUT2D eigenvalue weighted by Gasteiger charge is -2.38. The molecule has 0 bridgehead atoms. The van der Waals surface area contributed by atoms with E-state index in [1.165, 1.54) is 11.1 Å². The first kappa shape index (κ1) is 16.8. The van der Waals surface area contributed by atoms with E-state index in [0.717, 1.165) is 44.6 Å². The summed E-state index contributed by atoms with van der Waals surface area (Å²) in [4.78, 5) is 22.2. The minimum atomic E-state index is -0.640. The molecular weight excluding hydrogens is 338 g/mol. The van der Waals surface area contributed by atoms with Crippen molar-refractivity contribution in [3.63, 3.8) is 0 Å². The number of anilines is 1. The summed E-state index contributed by atoms with van der Waals surface area (Å²) in [6.07, 6.45) is 5.16. The van der Waals surface area contributed by atoms with Gasteiger partial charge in [-0.15, -0.1) is 0 Å². The number of hydrogen-bond acceptors (Lipinski definition) is 4. The Balaban J connectivity index is 1.34. The van der Waals surface area contributed by atoms with Gasteiger partial charge in [0.25, 0.3) is 5.91 Å². The van der Waals surface area contributed by atoms with Gasteiger partial charge in [-0.3, -0.25) is 4.79 Å². The minimum absolute atomic E-state index is 0.0636. The number of benzene rings is 1. The fourth-order valence-corrected chi connectivity index (χ4v) is 4.84. The summed E-state index contributed by atoms with van der Waals surface area (Å²) in [6, 6.07) is 14.6. The lowest BCUT2D eigenvalue weighted by Crippen LogP contribution is -2.50. The van der Waals surface area contributed by atoms with Crippen LogP contribution < -0.4 is 4.90 Å². The van der Waals surface area contributed by atoms with E-state index in [1.807, 2.05) is 35.4 Å². The number of aromatic nitrogens is 1. The number of pyridine rings is 1. The molecule has 0 aliphatic carbocycles. The highest BCUT2D eigenvalue weighted by Gasteiger charge is 2.57. The van der Waals surface area contributed by atoms with Gasteiger partial charge in [0.2, 0.25) is 0 Å². The first-order valence-corrected chi connectivity index (χ1v) is 9.89. The molecule has 0 unspecified atom stereocenters. The molecule has 2 atom stereocenters. The first-order valence-electron chi connectivity index (χ1n) is 9.89. The Morgan fingerprint density at radius 2 is 1.89 bits per heavy atom. The van der Waals surface area contributed by atoms with Crippen LogP contribution in [0.2, 0.25) is 0 Å².